The molecule has 0 fully saturated rings. The molecule has 0 heterocycles. The van der Waals surface area contributed by atoms with Gasteiger partial charge in [0.2, 0.25) is 5.91 Å². The van der Waals surface area contributed by atoms with Crippen molar-refractivity contribution in [1.29, 1.82) is 0 Å². The van der Waals surface area contributed by atoms with E-state index in [1.165, 1.54) is 11.8 Å². The topological polar surface area (TPSA) is 66.4 Å². The zero-order valence-corrected chi connectivity index (χ0v) is 13.2. The molecular formula is C14H19NO3S2. The molecule has 4 nitrogen and oxygen atoms in total. The molecule has 1 aromatic carbocycles. The molecule has 0 saturated carbocycles. The summed E-state index contributed by atoms with van der Waals surface area (Å²) in [5.74, 6) is -0.285. The molecule has 0 bridgehead atoms. The fraction of sp³-hybridized carbons (Fsp3) is 0.429. The van der Waals surface area contributed by atoms with Crippen molar-refractivity contribution in [2.75, 3.05) is 17.8 Å². The summed E-state index contributed by atoms with van der Waals surface area (Å²) < 4.78 is 0. The van der Waals surface area contributed by atoms with Gasteiger partial charge in [-0.1, -0.05) is 17.7 Å². The molecule has 1 amide bonds. The van der Waals surface area contributed by atoms with E-state index in [9.17, 15) is 9.59 Å². The van der Waals surface area contributed by atoms with Gasteiger partial charge in [0, 0.05) is 4.90 Å². The van der Waals surface area contributed by atoms with Gasteiger partial charge < -0.3 is 10.4 Å². The third-order valence-corrected chi connectivity index (χ3v) is 4.24. The highest BCUT2D eigenvalue weighted by Gasteiger charge is 2.19. The van der Waals surface area contributed by atoms with Crippen LogP contribution in [0.3, 0.4) is 0 Å². The average Bonchev–Trinajstić information content (AvgIpc) is 2.41. The van der Waals surface area contributed by atoms with E-state index in [-0.39, 0.29) is 11.7 Å². The van der Waals surface area contributed by atoms with E-state index in [2.05, 4.69) is 5.32 Å². The maximum Gasteiger partial charge on any atom is 0.326 e. The predicted octanol–water partition coefficient (Wildman–Crippen LogP) is 2.41. The smallest absolute Gasteiger partial charge is 0.326 e. The lowest BCUT2D eigenvalue weighted by molar-refractivity contribution is -0.141. The molecule has 0 spiro atoms. The van der Waals surface area contributed by atoms with Crippen molar-refractivity contribution in [3.8, 4) is 0 Å². The minimum atomic E-state index is -0.979. The Bertz CT molecular complexity index is 465. The quantitative estimate of drug-likeness (QED) is 0.722. The molecule has 110 valence electrons. The van der Waals surface area contributed by atoms with Crippen LogP contribution in [0.2, 0.25) is 0 Å². The molecule has 1 rings (SSSR count). The number of hydrogen-bond donors (Lipinski definition) is 2. The number of carboxylic acids is 1. The summed E-state index contributed by atoms with van der Waals surface area (Å²) in [7, 11) is 0. The Balaban J connectivity index is 2.43. The Labute approximate surface area is 127 Å². The second-order valence-corrected chi connectivity index (χ2v) is 6.38. The third-order valence-electron chi connectivity index (χ3n) is 2.60. The first kappa shape index (κ1) is 16.9. The van der Waals surface area contributed by atoms with Crippen molar-refractivity contribution in [2.24, 2.45) is 0 Å². The summed E-state index contributed by atoms with van der Waals surface area (Å²) in [4.78, 5) is 23.8. The van der Waals surface area contributed by atoms with E-state index < -0.39 is 12.0 Å². The summed E-state index contributed by atoms with van der Waals surface area (Å²) >= 11 is 2.98. The molecule has 0 aliphatic heterocycles. The second kappa shape index (κ2) is 8.92. The van der Waals surface area contributed by atoms with Gasteiger partial charge in [0.05, 0.1) is 5.75 Å². The molecule has 0 aliphatic rings. The Kier molecular flexibility index (Phi) is 7.54. The number of aliphatic carboxylic acids is 1. The number of rotatable bonds is 8. The number of aryl methyl sites for hydroxylation is 1. The fourth-order valence-corrected chi connectivity index (χ4v) is 2.88. The van der Waals surface area contributed by atoms with Gasteiger partial charge in [0.25, 0.3) is 0 Å². The van der Waals surface area contributed by atoms with Crippen molar-refractivity contribution < 1.29 is 14.7 Å². The van der Waals surface area contributed by atoms with E-state index in [1.54, 1.807) is 11.8 Å². The van der Waals surface area contributed by atoms with Crippen LogP contribution in [-0.4, -0.2) is 40.8 Å². The first-order valence-corrected chi connectivity index (χ1v) is 8.61. The van der Waals surface area contributed by atoms with E-state index in [1.807, 2.05) is 37.4 Å². The minimum absolute atomic E-state index is 0.229. The SMILES string of the molecule is CSCCC(NC(=O)CSc1cccc(C)c1)C(=O)O. The summed E-state index contributed by atoms with van der Waals surface area (Å²) in [6.45, 7) is 1.99. The van der Waals surface area contributed by atoms with Crippen molar-refractivity contribution in [1.82, 2.24) is 5.32 Å². The summed E-state index contributed by atoms with van der Waals surface area (Å²) in [6, 6.07) is 7.07. The molecule has 6 heteroatoms. The van der Waals surface area contributed by atoms with Gasteiger partial charge in [-0.3, -0.25) is 4.79 Å². The molecule has 0 aliphatic carbocycles. The highest BCUT2D eigenvalue weighted by molar-refractivity contribution is 8.00. The molecule has 20 heavy (non-hydrogen) atoms. The number of amides is 1. The van der Waals surface area contributed by atoms with Gasteiger partial charge in [0.15, 0.2) is 0 Å². The maximum absolute atomic E-state index is 11.8. The normalized spacial score (nSPS) is 11.9. The highest BCUT2D eigenvalue weighted by atomic mass is 32.2. The summed E-state index contributed by atoms with van der Waals surface area (Å²) in [5, 5.41) is 11.6. The highest BCUT2D eigenvalue weighted by Crippen LogP contribution is 2.18. The second-order valence-electron chi connectivity index (χ2n) is 4.34. The van der Waals surface area contributed by atoms with Gasteiger partial charge in [-0.2, -0.15) is 11.8 Å². The van der Waals surface area contributed by atoms with Crippen LogP contribution < -0.4 is 5.32 Å². The lowest BCUT2D eigenvalue weighted by atomic mass is 10.2. The lowest BCUT2D eigenvalue weighted by Crippen LogP contribution is -2.42. The van der Waals surface area contributed by atoms with Gasteiger partial charge in [0.1, 0.15) is 6.04 Å². The molecular weight excluding hydrogens is 294 g/mol. The van der Waals surface area contributed by atoms with E-state index in [0.29, 0.717) is 12.2 Å². The van der Waals surface area contributed by atoms with Gasteiger partial charge >= 0.3 is 5.97 Å². The number of thioether (sulfide) groups is 2. The van der Waals surface area contributed by atoms with Crippen molar-refractivity contribution in [2.45, 2.75) is 24.3 Å². The number of carbonyl (C=O) groups is 2. The first-order chi connectivity index (χ1) is 9.52. The number of nitrogens with one attached hydrogen (secondary N) is 1. The molecule has 2 N–H and O–H groups in total. The summed E-state index contributed by atoms with van der Waals surface area (Å²) in [6.07, 6.45) is 2.35. The molecule has 0 aromatic heterocycles. The van der Waals surface area contributed by atoms with E-state index in [4.69, 9.17) is 5.11 Å². The lowest BCUT2D eigenvalue weighted by Gasteiger charge is -2.13. The number of hydrogen-bond acceptors (Lipinski definition) is 4. The Morgan fingerprint density at radius 2 is 2.15 bits per heavy atom. The van der Waals surface area contributed by atoms with E-state index in [0.717, 1.165) is 10.5 Å². The Morgan fingerprint density at radius 1 is 1.40 bits per heavy atom. The molecule has 1 unspecified atom stereocenters. The van der Waals surface area contributed by atoms with Crippen LogP contribution in [0.5, 0.6) is 0 Å². The maximum atomic E-state index is 11.8. The zero-order valence-electron chi connectivity index (χ0n) is 11.6. The number of benzene rings is 1. The van der Waals surface area contributed by atoms with E-state index >= 15 is 0 Å². The Hall–Kier alpha value is -1.14. The Morgan fingerprint density at radius 3 is 2.75 bits per heavy atom. The zero-order chi connectivity index (χ0) is 15.0. The van der Waals surface area contributed by atoms with Crippen molar-refractivity contribution >= 4 is 35.4 Å². The molecule has 0 radical (unpaired) electrons. The van der Waals surface area contributed by atoms with Crippen LogP contribution in [0.1, 0.15) is 12.0 Å². The molecule has 0 saturated heterocycles. The van der Waals surface area contributed by atoms with Gasteiger partial charge in [-0.25, -0.2) is 4.79 Å². The first-order valence-electron chi connectivity index (χ1n) is 6.23. The minimum Gasteiger partial charge on any atom is -0.480 e. The standard InChI is InChI=1S/C14H19NO3S2/c1-10-4-3-5-11(8-10)20-9-13(16)15-12(14(17)18)6-7-19-2/h3-5,8,12H,6-7,9H2,1-2H3,(H,15,16)(H,17,18). The van der Waals surface area contributed by atoms with Crippen LogP contribution in [0.25, 0.3) is 0 Å². The van der Waals surface area contributed by atoms with Crippen LogP contribution in [0, 0.1) is 6.92 Å². The summed E-state index contributed by atoms with van der Waals surface area (Å²) in [5.41, 5.74) is 1.14. The largest absolute Gasteiger partial charge is 0.480 e. The van der Waals surface area contributed by atoms with Crippen molar-refractivity contribution in [3.05, 3.63) is 29.8 Å². The van der Waals surface area contributed by atoms with Crippen LogP contribution in [0.4, 0.5) is 0 Å². The predicted molar refractivity (Wildman–Crippen MR) is 84.5 cm³/mol. The van der Waals surface area contributed by atoms with Gasteiger partial charge in [-0.15, -0.1) is 11.8 Å². The van der Waals surface area contributed by atoms with Crippen LogP contribution >= 0.6 is 23.5 Å². The van der Waals surface area contributed by atoms with Crippen LogP contribution in [0.15, 0.2) is 29.2 Å². The molecule has 1 aromatic rings. The average molecular weight is 313 g/mol. The van der Waals surface area contributed by atoms with Gasteiger partial charge in [-0.05, 0) is 37.5 Å². The third kappa shape index (κ3) is 6.34. The fourth-order valence-electron chi connectivity index (χ4n) is 1.58. The van der Waals surface area contributed by atoms with Crippen molar-refractivity contribution in [3.63, 3.8) is 0 Å². The number of carbonyl (C=O) groups excluding carboxylic acids is 1. The number of carboxylic acid groups (broad SMARTS) is 1. The monoisotopic (exact) mass is 313 g/mol. The van der Waals surface area contributed by atoms with Crippen LogP contribution in [-0.2, 0) is 9.59 Å². The molecule has 1 atom stereocenters.